The van der Waals surface area contributed by atoms with Crippen molar-refractivity contribution >= 4 is 28.6 Å². The molecular formula is C21H21N3O. The average molecular weight is 331 g/mol. The normalized spacial score (nSPS) is 12.2. The lowest BCUT2D eigenvalue weighted by Crippen LogP contribution is -2.34. The van der Waals surface area contributed by atoms with Crippen LogP contribution in [0.15, 0.2) is 71.8 Å². The zero-order chi connectivity index (χ0) is 17.6. The second-order valence-corrected chi connectivity index (χ2v) is 6.02. The van der Waals surface area contributed by atoms with E-state index in [0.717, 1.165) is 22.2 Å². The van der Waals surface area contributed by atoms with Crippen molar-refractivity contribution in [2.45, 2.75) is 19.9 Å². The fourth-order valence-corrected chi connectivity index (χ4v) is 2.59. The summed E-state index contributed by atoms with van der Waals surface area (Å²) in [4.78, 5) is 12.2. The molecule has 2 N–H and O–H groups in total. The predicted octanol–water partition coefficient (Wildman–Crippen LogP) is 4.10. The van der Waals surface area contributed by atoms with Gasteiger partial charge in [-0.1, -0.05) is 54.6 Å². The number of aryl methyl sites for hydroxylation is 1. The summed E-state index contributed by atoms with van der Waals surface area (Å²) in [6, 6.07) is 21.7. The van der Waals surface area contributed by atoms with Crippen LogP contribution in [-0.2, 0) is 4.79 Å². The van der Waals surface area contributed by atoms with Crippen molar-refractivity contribution in [3.05, 3.63) is 77.9 Å². The van der Waals surface area contributed by atoms with Gasteiger partial charge in [-0.25, -0.2) is 5.43 Å². The Kier molecular flexibility index (Phi) is 5.09. The topological polar surface area (TPSA) is 53.5 Å². The minimum absolute atomic E-state index is 0.182. The molecule has 1 amide bonds. The molecule has 0 aromatic heterocycles. The lowest BCUT2D eigenvalue weighted by atomic mass is 10.1. The molecule has 0 heterocycles. The highest BCUT2D eigenvalue weighted by atomic mass is 16.2. The quantitative estimate of drug-likeness (QED) is 0.546. The van der Waals surface area contributed by atoms with E-state index in [4.69, 9.17) is 0 Å². The van der Waals surface area contributed by atoms with Gasteiger partial charge in [0.15, 0.2) is 0 Å². The SMILES string of the molecule is Cc1ccccc1/C=N/NC(=O)C(C)Nc1ccc2ccccc2c1. The fourth-order valence-electron chi connectivity index (χ4n) is 2.59. The van der Waals surface area contributed by atoms with Gasteiger partial charge in [0, 0.05) is 5.69 Å². The van der Waals surface area contributed by atoms with Gasteiger partial charge in [-0.15, -0.1) is 0 Å². The Labute approximate surface area is 147 Å². The van der Waals surface area contributed by atoms with Gasteiger partial charge in [-0.3, -0.25) is 4.79 Å². The largest absolute Gasteiger partial charge is 0.374 e. The first kappa shape index (κ1) is 16.7. The molecule has 4 heteroatoms. The first-order valence-electron chi connectivity index (χ1n) is 8.27. The molecule has 0 spiro atoms. The van der Waals surface area contributed by atoms with Crippen LogP contribution in [0.3, 0.4) is 0 Å². The summed E-state index contributed by atoms with van der Waals surface area (Å²) in [5.74, 6) is -0.182. The van der Waals surface area contributed by atoms with E-state index in [1.54, 1.807) is 6.21 Å². The molecule has 0 saturated heterocycles. The number of nitrogens with zero attached hydrogens (tertiary/aromatic N) is 1. The van der Waals surface area contributed by atoms with Crippen LogP contribution < -0.4 is 10.7 Å². The Bertz CT molecular complexity index is 918. The lowest BCUT2D eigenvalue weighted by molar-refractivity contribution is -0.121. The fraction of sp³-hybridized carbons (Fsp3) is 0.143. The van der Waals surface area contributed by atoms with Gasteiger partial charge in [-0.2, -0.15) is 5.10 Å². The lowest BCUT2D eigenvalue weighted by Gasteiger charge is -2.14. The van der Waals surface area contributed by atoms with Crippen molar-refractivity contribution in [1.82, 2.24) is 5.43 Å². The number of hydrogen-bond acceptors (Lipinski definition) is 3. The second kappa shape index (κ2) is 7.62. The van der Waals surface area contributed by atoms with Crippen LogP contribution in [0.25, 0.3) is 10.8 Å². The first-order valence-corrected chi connectivity index (χ1v) is 8.27. The van der Waals surface area contributed by atoms with Crippen molar-refractivity contribution in [1.29, 1.82) is 0 Å². The van der Waals surface area contributed by atoms with E-state index in [0.29, 0.717) is 0 Å². The Morgan fingerprint density at radius 1 is 1.00 bits per heavy atom. The summed E-state index contributed by atoms with van der Waals surface area (Å²) in [6.07, 6.45) is 1.66. The summed E-state index contributed by atoms with van der Waals surface area (Å²) in [7, 11) is 0. The molecular weight excluding hydrogens is 310 g/mol. The Morgan fingerprint density at radius 3 is 2.52 bits per heavy atom. The molecule has 1 atom stereocenters. The highest BCUT2D eigenvalue weighted by molar-refractivity contribution is 5.89. The number of hydrazone groups is 1. The molecule has 0 radical (unpaired) electrons. The van der Waals surface area contributed by atoms with Crippen LogP contribution in [-0.4, -0.2) is 18.2 Å². The number of amides is 1. The number of carbonyl (C=O) groups is 1. The monoisotopic (exact) mass is 331 g/mol. The van der Waals surface area contributed by atoms with E-state index in [-0.39, 0.29) is 5.91 Å². The van der Waals surface area contributed by atoms with Crippen molar-refractivity contribution in [3.63, 3.8) is 0 Å². The number of rotatable bonds is 5. The smallest absolute Gasteiger partial charge is 0.262 e. The number of fused-ring (bicyclic) bond motifs is 1. The van der Waals surface area contributed by atoms with Crippen LogP contribution in [0.4, 0.5) is 5.69 Å². The highest BCUT2D eigenvalue weighted by Crippen LogP contribution is 2.19. The molecule has 25 heavy (non-hydrogen) atoms. The Morgan fingerprint density at radius 2 is 1.72 bits per heavy atom. The minimum atomic E-state index is -0.393. The molecule has 1 unspecified atom stereocenters. The first-order chi connectivity index (χ1) is 12.1. The Hall–Kier alpha value is -3.14. The molecule has 0 aliphatic carbocycles. The van der Waals surface area contributed by atoms with Crippen molar-refractivity contribution in [3.8, 4) is 0 Å². The summed E-state index contributed by atoms with van der Waals surface area (Å²) < 4.78 is 0. The second-order valence-electron chi connectivity index (χ2n) is 6.02. The summed E-state index contributed by atoms with van der Waals surface area (Å²) in [5.41, 5.74) is 5.59. The number of anilines is 1. The predicted molar refractivity (Wildman–Crippen MR) is 104 cm³/mol. The maximum atomic E-state index is 12.2. The van der Waals surface area contributed by atoms with Gasteiger partial charge in [-0.05, 0) is 47.9 Å². The highest BCUT2D eigenvalue weighted by Gasteiger charge is 2.11. The van der Waals surface area contributed by atoms with E-state index in [9.17, 15) is 4.79 Å². The zero-order valence-electron chi connectivity index (χ0n) is 14.4. The average Bonchev–Trinajstić information content (AvgIpc) is 2.63. The molecule has 126 valence electrons. The van der Waals surface area contributed by atoms with E-state index in [1.165, 1.54) is 5.39 Å². The summed E-state index contributed by atoms with van der Waals surface area (Å²) >= 11 is 0. The van der Waals surface area contributed by atoms with E-state index in [2.05, 4.69) is 28.0 Å². The molecule has 3 aromatic rings. The maximum absolute atomic E-state index is 12.2. The third-order valence-corrected chi connectivity index (χ3v) is 4.09. The molecule has 0 bridgehead atoms. The number of hydrogen-bond donors (Lipinski definition) is 2. The summed E-state index contributed by atoms with van der Waals surface area (Å²) in [5, 5.41) is 9.57. The van der Waals surface area contributed by atoms with Crippen LogP contribution >= 0.6 is 0 Å². The van der Waals surface area contributed by atoms with Crippen molar-refractivity contribution in [2.75, 3.05) is 5.32 Å². The maximum Gasteiger partial charge on any atom is 0.262 e. The van der Waals surface area contributed by atoms with Crippen LogP contribution in [0.1, 0.15) is 18.1 Å². The molecule has 0 saturated carbocycles. The molecule has 3 rings (SSSR count). The molecule has 0 fully saturated rings. The molecule has 0 aliphatic heterocycles. The number of carbonyl (C=O) groups excluding carboxylic acids is 1. The van der Waals surface area contributed by atoms with Crippen molar-refractivity contribution < 1.29 is 4.79 Å². The minimum Gasteiger partial charge on any atom is -0.374 e. The number of benzene rings is 3. The third-order valence-electron chi connectivity index (χ3n) is 4.09. The van der Waals surface area contributed by atoms with Gasteiger partial charge in [0.05, 0.1) is 6.21 Å². The zero-order valence-corrected chi connectivity index (χ0v) is 14.4. The molecule has 3 aromatic carbocycles. The van der Waals surface area contributed by atoms with E-state index in [1.807, 2.05) is 68.4 Å². The molecule has 4 nitrogen and oxygen atoms in total. The summed E-state index contributed by atoms with van der Waals surface area (Å²) in [6.45, 7) is 3.82. The Balaban J connectivity index is 1.61. The van der Waals surface area contributed by atoms with Crippen LogP contribution in [0, 0.1) is 6.92 Å². The molecule has 0 aliphatic rings. The van der Waals surface area contributed by atoms with Gasteiger partial charge < -0.3 is 5.32 Å². The third kappa shape index (κ3) is 4.23. The standard InChI is InChI=1S/C21H21N3O/c1-15-7-3-4-10-19(15)14-22-24-21(25)16(2)23-20-12-11-17-8-5-6-9-18(17)13-20/h3-14,16,23H,1-2H3,(H,24,25)/b22-14+. The van der Waals surface area contributed by atoms with Gasteiger partial charge in [0.2, 0.25) is 0 Å². The van der Waals surface area contributed by atoms with Gasteiger partial charge in [0.1, 0.15) is 6.04 Å². The van der Waals surface area contributed by atoms with Crippen LogP contribution in [0.2, 0.25) is 0 Å². The van der Waals surface area contributed by atoms with Gasteiger partial charge in [0.25, 0.3) is 5.91 Å². The van der Waals surface area contributed by atoms with Crippen molar-refractivity contribution in [2.24, 2.45) is 5.10 Å². The number of nitrogens with one attached hydrogen (secondary N) is 2. The van der Waals surface area contributed by atoms with E-state index >= 15 is 0 Å². The van der Waals surface area contributed by atoms with Gasteiger partial charge >= 0.3 is 0 Å². The van der Waals surface area contributed by atoms with E-state index < -0.39 is 6.04 Å². The van der Waals surface area contributed by atoms with Crippen LogP contribution in [0.5, 0.6) is 0 Å².